The molecule has 4 rings (SSSR count). The molecule has 152 valence electrons. The highest BCUT2D eigenvalue weighted by atomic mass is 32.1. The van der Waals surface area contributed by atoms with Gasteiger partial charge in [-0.1, -0.05) is 12.1 Å². The normalized spacial score (nSPS) is 18.6. The van der Waals surface area contributed by atoms with Crippen molar-refractivity contribution in [2.45, 2.75) is 26.1 Å². The second kappa shape index (κ2) is 8.66. The van der Waals surface area contributed by atoms with E-state index in [2.05, 4.69) is 35.1 Å². The second-order valence-corrected chi connectivity index (χ2v) is 8.46. The smallest absolute Gasteiger partial charge is 0.265 e. The number of nitrogens with zero attached hydrogens (tertiary/aromatic N) is 3. The highest BCUT2D eigenvalue weighted by Gasteiger charge is 2.23. The summed E-state index contributed by atoms with van der Waals surface area (Å²) >= 11 is 1.42. The maximum atomic E-state index is 12.6. The molecule has 0 spiro atoms. The Bertz CT molecular complexity index is 1060. The van der Waals surface area contributed by atoms with E-state index < -0.39 is 0 Å². The molecule has 0 saturated carbocycles. The first-order valence-electron chi connectivity index (χ1n) is 9.80. The Kier molecular flexibility index (Phi) is 5.79. The van der Waals surface area contributed by atoms with Crippen LogP contribution in [0.1, 0.15) is 29.1 Å². The van der Waals surface area contributed by atoms with Crippen LogP contribution in [-0.4, -0.2) is 36.2 Å². The van der Waals surface area contributed by atoms with Crippen molar-refractivity contribution < 1.29 is 9.53 Å². The van der Waals surface area contributed by atoms with Crippen LogP contribution in [-0.2, 0) is 4.74 Å². The van der Waals surface area contributed by atoms with Gasteiger partial charge in [-0.25, -0.2) is 4.98 Å². The van der Waals surface area contributed by atoms with Crippen LogP contribution in [0.4, 0.5) is 11.5 Å². The van der Waals surface area contributed by atoms with Crippen LogP contribution in [0.2, 0.25) is 0 Å². The molecule has 0 bridgehead atoms. The fourth-order valence-corrected chi connectivity index (χ4v) is 4.44. The third-order valence-electron chi connectivity index (χ3n) is 4.88. The molecule has 1 N–H and O–H groups in total. The summed E-state index contributed by atoms with van der Waals surface area (Å²) in [5.74, 6) is 0.720. The predicted octanol–water partition coefficient (Wildman–Crippen LogP) is 4.55. The lowest BCUT2D eigenvalue weighted by molar-refractivity contribution is -0.00545. The van der Waals surface area contributed by atoms with Crippen LogP contribution in [0.5, 0.6) is 0 Å². The standard InChI is InChI=1S/C23H22N4O2S/c1-15-13-27(14-16(2)29-15)22-10-7-19(12-25-22)26-23(28)21-9-8-20(30-21)18-5-3-17(11-24)4-6-18/h3-10,12,15-16H,13-14H2,1-2H3,(H,26,28)/t15-,16+. The number of aromatic nitrogens is 1. The molecule has 3 aromatic rings. The number of rotatable bonds is 4. The average molecular weight is 419 g/mol. The summed E-state index contributed by atoms with van der Waals surface area (Å²) in [5.41, 5.74) is 2.26. The average Bonchev–Trinajstić information content (AvgIpc) is 3.24. The molecule has 3 heterocycles. The number of carbonyl (C=O) groups excluding carboxylic acids is 1. The van der Waals surface area contributed by atoms with Crippen LogP contribution in [0.25, 0.3) is 10.4 Å². The predicted molar refractivity (Wildman–Crippen MR) is 119 cm³/mol. The van der Waals surface area contributed by atoms with Gasteiger partial charge in [-0.15, -0.1) is 11.3 Å². The maximum Gasteiger partial charge on any atom is 0.265 e. The number of hydrogen-bond acceptors (Lipinski definition) is 6. The van der Waals surface area contributed by atoms with E-state index in [4.69, 9.17) is 10.00 Å². The van der Waals surface area contributed by atoms with E-state index in [9.17, 15) is 4.79 Å². The van der Waals surface area contributed by atoms with E-state index in [0.717, 1.165) is 29.3 Å². The number of hydrogen-bond donors (Lipinski definition) is 1. The zero-order chi connectivity index (χ0) is 21.1. The molecule has 1 aliphatic rings. The minimum Gasteiger partial charge on any atom is -0.372 e. The Morgan fingerprint density at radius 1 is 1.13 bits per heavy atom. The van der Waals surface area contributed by atoms with Gasteiger partial charge in [0, 0.05) is 18.0 Å². The lowest BCUT2D eigenvalue weighted by Crippen LogP contribution is -2.45. The largest absolute Gasteiger partial charge is 0.372 e. The summed E-state index contributed by atoms with van der Waals surface area (Å²) in [7, 11) is 0. The Balaban J connectivity index is 1.41. The molecule has 1 saturated heterocycles. The fraction of sp³-hybridized carbons (Fsp3) is 0.261. The number of amides is 1. The van der Waals surface area contributed by atoms with Gasteiger partial charge in [-0.05, 0) is 55.8 Å². The summed E-state index contributed by atoms with van der Waals surface area (Å²) in [6.07, 6.45) is 2.02. The van der Waals surface area contributed by atoms with Crippen molar-refractivity contribution in [3.8, 4) is 16.5 Å². The SMILES string of the molecule is C[C@@H]1CN(c2ccc(NC(=O)c3ccc(-c4ccc(C#N)cc4)s3)cn2)C[C@H](C)O1. The number of pyridine rings is 1. The van der Waals surface area contributed by atoms with Crippen molar-refractivity contribution >= 4 is 28.7 Å². The van der Waals surface area contributed by atoms with Gasteiger partial charge in [0.25, 0.3) is 5.91 Å². The van der Waals surface area contributed by atoms with E-state index in [1.54, 1.807) is 18.3 Å². The van der Waals surface area contributed by atoms with Crippen molar-refractivity contribution in [3.63, 3.8) is 0 Å². The van der Waals surface area contributed by atoms with Crippen molar-refractivity contribution in [1.82, 2.24) is 4.98 Å². The molecule has 1 aromatic carbocycles. The fourth-order valence-electron chi connectivity index (χ4n) is 3.53. The van der Waals surface area contributed by atoms with Gasteiger partial charge in [0.05, 0.1) is 40.6 Å². The molecule has 6 nitrogen and oxygen atoms in total. The van der Waals surface area contributed by atoms with Crippen molar-refractivity contribution in [2.24, 2.45) is 0 Å². The molecule has 1 amide bonds. The number of nitrogens with one attached hydrogen (secondary N) is 1. The molecular formula is C23H22N4O2S. The zero-order valence-electron chi connectivity index (χ0n) is 16.8. The number of morpholine rings is 1. The van der Waals surface area contributed by atoms with Gasteiger partial charge in [-0.3, -0.25) is 4.79 Å². The number of nitriles is 1. The molecule has 1 aliphatic heterocycles. The quantitative estimate of drug-likeness (QED) is 0.673. The molecule has 2 aromatic heterocycles. The van der Waals surface area contributed by atoms with Crippen LogP contribution < -0.4 is 10.2 Å². The molecule has 1 fully saturated rings. The third-order valence-corrected chi connectivity index (χ3v) is 6.01. The lowest BCUT2D eigenvalue weighted by Gasteiger charge is -2.36. The minimum absolute atomic E-state index is 0.164. The Hall–Kier alpha value is -3.21. The Morgan fingerprint density at radius 3 is 2.50 bits per heavy atom. The van der Waals surface area contributed by atoms with Gasteiger partial charge in [-0.2, -0.15) is 5.26 Å². The van der Waals surface area contributed by atoms with E-state index in [-0.39, 0.29) is 18.1 Å². The third kappa shape index (κ3) is 4.51. The molecule has 0 aliphatic carbocycles. The van der Waals surface area contributed by atoms with Crippen LogP contribution in [0.3, 0.4) is 0 Å². The first-order chi connectivity index (χ1) is 14.5. The lowest BCUT2D eigenvalue weighted by atomic mass is 10.1. The van der Waals surface area contributed by atoms with Gasteiger partial charge in [0.1, 0.15) is 5.82 Å². The summed E-state index contributed by atoms with van der Waals surface area (Å²) < 4.78 is 5.77. The first kappa shape index (κ1) is 20.1. The number of anilines is 2. The molecule has 2 atom stereocenters. The van der Waals surface area contributed by atoms with Crippen molar-refractivity contribution in [3.05, 3.63) is 65.2 Å². The van der Waals surface area contributed by atoms with Gasteiger partial charge in [0.2, 0.25) is 0 Å². The van der Waals surface area contributed by atoms with Gasteiger partial charge >= 0.3 is 0 Å². The van der Waals surface area contributed by atoms with Crippen LogP contribution in [0.15, 0.2) is 54.7 Å². The summed E-state index contributed by atoms with van der Waals surface area (Å²) in [6, 6.07) is 17.0. The number of thiophene rings is 1. The van der Waals surface area contributed by atoms with Crippen LogP contribution >= 0.6 is 11.3 Å². The topological polar surface area (TPSA) is 78.3 Å². The van der Waals surface area contributed by atoms with E-state index in [0.29, 0.717) is 16.1 Å². The zero-order valence-corrected chi connectivity index (χ0v) is 17.6. The molecule has 0 unspecified atom stereocenters. The van der Waals surface area contributed by atoms with E-state index in [1.165, 1.54) is 11.3 Å². The number of benzene rings is 1. The Labute approximate surface area is 179 Å². The van der Waals surface area contributed by atoms with Crippen molar-refractivity contribution in [1.29, 1.82) is 5.26 Å². The summed E-state index contributed by atoms with van der Waals surface area (Å²) in [4.78, 5) is 21.0. The number of carbonyl (C=O) groups is 1. The molecular weight excluding hydrogens is 396 g/mol. The monoisotopic (exact) mass is 418 g/mol. The molecule has 7 heteroatoms. The maximum absolute atomic E-state index is 12.6. The molecule has 0 radical (unpaired) electrons. The minimum atomic E-state index is -0.164. The number of ether oxygens (including phenoxy) is 1. The van der Waals surface area contributed by atoms with Gasteiger partial charge in [0.15, 0.2) is 0 Å². The first-order valence-corrected chi connectivity index (χ1v) is 10.6. The highest BCUT2D eigenvalue weighted by Crippen LogP contribution is 2.29. The van der Waals surface area contributed by atoms with E-state index >= 15 is 0 Å². The summed E-state index contributed by atoms with van der Waals surface area (Å²) in [5, 5.41) is 11.8. The Morgan fingerprint density at radius 2 is 1.87 bits per heavy atom. The van der Waals surface area contributed by atoms with E-state index in [1.807, 2.05) is 36.4 Å². The second-order valence-electron chi connectivity index (χ2n) is 7.37. The van der Waals surface area contributed by atoms with Gasteiger partial charge < -0.3 is 15.0 Å². The summed E-state index contributed by atoms with van der Waals surface area (Å²) in [6.45, 7) is 5.72. The molecule has 30 heavy (non-hydrogen) atoms. The highest BCUT2D eigenvalue weighted by molar-refractivity contribution is 7.17. The van der Waals surface area contributed by atoms with Crippen molar-refractivity contribution in [2.75, 3.05) is 23.3 Å². The van der Waals surface area contributed by atoms with Crippen LogP contribution in [0, 0.1) is 11.3 Å².